The summed E-state index contributed by atoms with van der Waals surface area (Å²) in [5.74, 6) is 0.973. The van der Waals surface area contributed by atoms with Gasteiger partial charge in [0.15, 0.2) is 0 Å². The molecule has 0 fully saturated rings. The molecule has 0 radical (unpaired) electrons. The number of benzene rings is 2. The zero-order valence-corrected chi connectivity index (χ0v) is 15.4. The van der Waals surface area contributed by atoms with Gasteiger partial charge in [-0.05, 0) is 29.5 Å². The maximum Gasteiger partial charge on any atom is 0.213 e. The van der Waals surface area contributed by atoms with E-state index < -0.39 is 0 Å². The highest BCUT2D eigenvalue weighted by Gasteiger charge is 2.40. The fourth-order valence-electron chi connectivity index (χ4n) is 3.76. The molecule has 4 heteroatoms. The number of nitrogens with zero attached hydrogens (tertiary/aromatic N) is 2. The predicted octanol–water partition coefficient (Wildman–Crippen LogP) is 5.55. The molecule has 0 unspecified atom stereocenters. The summed E-state index contributed by atoms with van der Waals surface area (Å²) in [6, 6.07) is 21.6. The van der Waals surface area contributed by atoms with Gasteiger partial charge in [-0.15, -0.1) is 11.3 Å². The van der Waals surface area contributed by atoms with E-state index in [1.54, 1.807) is 11.3 Å². The average molecular weight is 360 g/mol. The minimum absolute atomic E-state index is 0.182. The number of rotatable bonds is 3. The zero-order valence-electron chi connectivity index (χ0n) is 14.6. The van der Waals surface area contributed by atoms with Crippen LogP contribution in [-0.2, 0) is 6.42 Å². The van der Waals surface area contributed by atoms with Crippen molar-refractivity contribution < 1.29 is 4.74 Å². The van der Waals surface area contributed by atoms with Crippen molar-refractivity contribution in [3.63, 3.8) is 0 Å². The Balaban J connectivity index is 1.58. The largest absolute Gasteiger partial charge is 0.464 e. The molecule has 3 heterocycles. The van der Waals surface area contributed by atoms with Crippen LogP contribution in [0.25, 0.3) is 0 Å². The molecule has 0 aliphatic carbocycles. The Hall–Kier alpha value is -2.59. The van der Waals surface area contributed by atoms with E-state index in [0.717, 1.165) is 29.9 Å². The summed E-state index contributed by atoms with van der Waals surface area (Å²) in [6.07, 6.45) is 1.78. The third-order valence-electron chi connectivity index (χ3n) is 5.18. The lowest BCUT2D eigenvalue weighted by atomic mass is 9.97. The van der Waals surface area contributed by atoms with E-state index >= 15 is 0 Å². The van der Waals surface area contributed by atoms with Gasteiger partial charge in [-0.2, -0.15) is 5.10 Å². The maximum atomic E-state index is 6.39. The Kier molecular flexibility index (Phi) is 3.79. The first kappa shape index (κ1) is 15.6. The summed E-state index contributed by atoms with van der Waals surface area (Å²) >= 11 is 1.75. The van der Waals surface area contributed by atoms with Crippen molar-refractivity contribution in [2.24, 2.45) is 5.10 Å². The van der Waals surface area contributed by atoms with Crippen LogP contribution in [0.5, 0.6) is 5.75 Å². The number of aryl methyl sites for hydroxylation is 1. The topological polar surface area (TPSA) is 24.8 Å². The molecule has 1 aromatic heterocycles. The average Bonchev–Trinajstić information content (AvgIpc) is 3.37. The second-order valence-corrected chi connectivity index (χ2v) is 7.67. The van der Waals surface area contributed by atoms with Gasteiger partial charge < -0.3 is 4.74 Å². The Morgan fingerprint density at radius 1 is 1.08 bits per heavy atom. The fourth-order valence-corrected chi connectivity index (χ4v) is 4.48. The standard InChI is InChI=1S/C22H20N2OS/c1-2-15-9-11-16(12-10-15)22-24-19(17-6-3-4-7-20(17)25-22)14-18(23-24)21-8-5-13-26-21/h3-13,19,22H,2,14H2,1H3/t19-,22+/m1/s1. The lowest BCUT2D eigenvalue weighted by Crippen LogP contribution is -2.33. The normalized spacial score (nSPS) is 21.0. The molecule has 2 aromatic carbocycles. The number of fused-ring (bicyclic) bond motifs is 3. The van der Waals surface area contributed by atoms with Crippen LogP contribution < -0.4 is 4.74 Å². The van der Waals surface area contributed by atoms with Crippen molar-refractivity contribution >= 4 is 17.0 Å². The van der Waals surface area contributed by atoms with E-state index in [9.17, 15) is 0 Å². The molecule has 0 bridgehead atoms. The molecule has 2 aliphatic heterocycles. The summed E-state index contributed by atoms with van der Waals surface area (Å²) in [6.45, 7) is 2.18. The molecule has 0 amide bonds. The van der Waals surface area contributed by atoms with E-state index in [0.29, 0.717) is 0 Å². The Labute approximate surface area is 157 Å². The first-order valence-electron chi connectivity index (χ1n) is 9.07. The van der Waals surface area contributed by atoms with Gasteiger partial charge >= 0.3 is 0 Å². The molecular formula is C22H20N2OS. The number of hydrogen-bond acceptors (Lipinski definition) is 4. The van der Waals surface area contributed by atoms with E-state index in [4.69, 9.17) is 9.84 Å². The third-order valence-corrected chi connectivity index (χ3v) is 6.10. The third kappa shape index (κ3) is 2.53. The molecule has 3 aromatic rings. The first-order chi connectivity index (χ1) is 12.8. The smallest absolute Gasteiger partial charge is 0.213 e. The SMILES string of the molecule is CCc1ccc([C@@H]2Oc3ccccc3[C@H]3CC(c4cccs4)=NN32)cc1. The molecule has 0 saturated heterocycles. The maximum absolute atomic E-state index is 6.39. The summed E-state index contributed by atoms with van der Waals surface area (Å²) in [5, 5.41) is 9.25. The van der Waals surface area contributed by atoms with Crippen LogP contribution in [0.4, 0.5) is 0 Å². The van der Waals surface area contributed by atoms with Crippen LogP contribution in [0.1, 0.15) is 47.2 Å². The number of hydrogen-bond donors (Lipinski definition) is 0. The molecule has 0 saturated carbocycles. The molecule has 3 nitrogen and oxygen atoms in total. The summed E-state index contributed by atoms with van der Waals surface area (Å²) in [5.41, 5.74) is 4.87. The Morgan fingerprint density at radius 2 is 1.92 bits per heavy atom. The lowest BCUT2D eigenvalue weighted by molar-refractivity contribution is -0.0190. The molecule has 2 atom stereocenters. The van der Waals surface area contributed by atoms with Crippen molar-refractivity contribution in [1.82, 2.24) is 5.01 Å². The number of thiophene rings is 1. The lowest BCUT2D eigenvalue weighted by Gasteiger charge is -2.38. The van der Waals surface area contributed by atoms with Crippen molar-refractivity contribution in [3.05, 3.63) is 87.6 Å². The highest BCUT2D eigenvalue weighted by Crippen LogP contribution is 2.47. The minimum Gasteiger partial charge on any atom is -0.464 e. The number of para-hydroxylation sites is 1. The van der Waals surface area contributed by atoms with Gasteiger partial charge in [-0.25, -0.2) is 5.01 Å². The van der Waals surface area contributed by atoms with Crippen LogP contribution in [-0.4, -0.2) is 10.7 Å². The van der Waals surface area contributed by atoms with Crippen molar-refractivity contribution in [2.75, 3.05) is 0 Å². The fraction of sp³-hybridized carbons (Fsp3) is 0.227. The summed E-state index contributed by atoms with van der Waals surface area (Å²) in [7, 11) is 0. The van der Waals surface area contributed by atoms with Gasteiger partial charge in [0.1, 0.15) is 5.75 Å². The van der Waals surface area contributed by atoms with Gasteiger partial charge in [0.25, 0.3) is 0 Å². The first-order valence-corrected chi connectivity index (χ1v) is 9.95. The van der Waals surface area contributed by atoms with Gasteiger partial charge in [0.05, 0.1) is 16.6 Å². The highest BCUT2D eigenvalue weighted by atomic mass is 32.1. The second kappa shape index (κ2) is 6.29. The van der Waals surface area contributed by atoms with Crippen LogP contribution in [0.2, 0.25) is 0 Å². The Morgan fingerprint density at radius 3 is 2.69 bits per heavy atom. The predicted molar refractivity (Wildman–Crippen MR) is 106 cm³/mol. The van der Waals surface area contributed by atoms with E-state index in [-0.39, 0.29) is 12.3 Å². The summed E-state index contributed by atoms with van der Waals surface area (Å²) < 4.78 is 6.39. The van der Waals surface area contributed by atoms with Gasteiger partial charge in [-0.3, -0.25) is 0 Å². The van der Waals surface area contributed by atoms with E-state index in [2.05, 4.69) is 71.9 Å². The van der Waals surface area contributed by atoms with Gasteiger partial charge in [0, 0.05) is 17.5 Å². The van der Waals surface area contributed by atoms with Crippen LogP contribution in [0.15, 0.2) is 71.1 Å². The molecule has 0 spiro atoms. The van der Waals surface area contributed by atoms with Gasteiger partial charge in [0.2, 0.25) is 6.23 Å². The van der Waals surface area contributed by atoms with Crippen molar-refractivity contribution in [1.29, 1.82) is 0 Å². The molecule has 2 aliphatic rings. The zero-order chi connectivity index (χ0) is 17.5. The monoisotopic (exact) mass is 360 g/mol. The molecule has 130 valence electrons. The van der Waals surface area contributed by atoms with Crippen LogP contribution >= 0.6 is 11.3 Å². The van der Waals surface area contributed by atoms with Crippen LogP contribution in [0, 0.1) is 0 Å². The molecule has 5 rings (SSSR count). The van der Waals surface area contributed by atoms with Crippen molar-refractivity contribution in [3.8, 4) is 5.75 Å². The highest BCUT2D eigenvalue weighted by molar-refractivity contribution is 7.12. The Bertz CT molecular complexity index is 947. The van der Waals surface area contributed by atoms with E-state index in [1.807, 2.05) is 6.07 Å². The number of ether oxygens (including phenoxy) is 1. The quantitative estimate of drug-likeness (QED) is 0.611. The summed E-state index contributed by atoms with van der Waals surface area (Å²) in [4.78, 5) is 1.25. The second-order valence-electron chi connectivity index (χ2n) is 6.73. The van der Waals surface area contributed by atoms with E-state index in [1.165, 1.54) is 16.0 Å². The molecular weight excluding hydrogens is 340 g/mol. The minimum atomic E-state index is -0.182. The molecule has 0 N–H and O–H groups in total. The number of hydrazone groups is 1. The van der Waals surface area contributed by atoms with Gasteiger partial charge in [-0.1, -0.05) is 55.5 Å². The van der Waals surface area contributed by atoms with Crippen LogP contribution in [0.3, 0.4) is 0 Å². The van der Waals surface area contributed by atoms with Crippen molar-refractivity contribution in [2.45, 2.75) is 32.0 Å². The molecule has 26 heavy (non-hydrogen) atoms.